The van der Waals surface area contributed by atoms with Crippen LogP contribution in [0.3, 0.4) is 0 Å². The lowest BCUT2D eigenvalue weighted by Crippen LogP contribution is -2.24. The quantitative estimate of drug-likeness (QED) is 0.221. The highest BCUT2D eigenvalue weighted by atomic mass is 127. The van der Waals surface area contributed by atoms with Crippen LogP contribution in [0.1, 0.15) is 42.1 Å². The average molecular weight is 524 g/mol. The third-order valence-corrected chi connectivity index (χ3v) is 4.48. The summed E-state index contributed by atoms with van der Waals surface area (Å²) in [5, 5.41) is 5.98. The molecule has 0 saturated carbocycles. The summed E-state index contributed by atoms with van der Waals surface area (Å²) in [6.45, 7) is 4.50. The summed E-state index contributed by atoms with van der Waals surface area (Å²) in [6, 6.07) is 13.0. The van der Waals surface area contributed by atoms with Crippen molar-refractivity contribution >= 4 is 41.5 Å². The molecule has 2 aromatic rings. The molecule has 162 valence electrons. The van der Waals surface area contributed by atoms with E-state index in [0.29, 0.717) is 43.6 Å². The van der Waals surface area contributed by atoms with Gasteiger partial charge in [-0.3, -0.25) is 4.79 Å². The summed E-state index contributed by atoms with van der Waals surface area (Å²) in [5.41, 5.74) is 8.41. The number of anilines is 1. The number of carbonyl (C=O) groups is 1. The first kappa shape index (κ1) is 23.8. The Morgan fingerprint density at radius 1 is 1.10 bits per heavy atom. The summed E-state index contributed by atoms with van der Waals surface area (Å²) in [4.78, 5) is 16.4. The van der Waals surface area contributed by atoms with Crippen LogP contribution in [0.5, 0.6) is 11.5 Å². The zero-order valence-electron chi connectivity index (χ0n) is 17.1. The number of aliphatic imine (C=N–C) groups is 1. The molecule has 30 heavy (non-hydrogen) atoms. The number of nitrogens with two attached hydrogens (primary N) is 1. The summed E-state index contributed by atoms with van der Waals surface area (Å²) >= 11 is 0. The fourth-order valence-electron chi connectivity index (χ4n) is 2.85. The van der Waals surface area contributed by atoms with Gasteiger partial charge in [0, 0.05) is 30.3 Å². The predicted octanol–water partition coefficient (Wildman–Crippen LogP) is 3.92. The monoisotopic (exact) mass is 524 g/mol. The minimum Gasteiger partial charge on any atom is -0.490 e. The first-order chi connectivity index (χ1) is 14.2. The van der Waals surface area contributed by atoms with Gasteiger partial charge in [0.15, 0.2) is 17.5 Å². The lowest BCUT2D eigenvalue weighted by molar-refractivity contribution is 0.0953. The van der Waals surface area contributed by atoms with Crippen molar-refractivity contribution in [3.05, 3.63) is 53.6 Å². The highest BCUT2D eigenvalue weighted by Gasteiger charge is 2.11. The van der Waals surface area contributed by atoms with Crippen molar-refractivity contribution in [2.45, 2.75) is 32.7 Å². The summed E-state index contributed by atoms with van der Waals surface area (Å²) in [6.07, 6.45) is 2.90. The van der Waals surface area contributed by atoms with Crippen molar-refractivity contribution in [2.24, 2.45) is 10.7 Å². The Hall–Kier alpha value is -2.49. The highest BCUT2D eigenvalue weighted by molar-refractivity contribution is 14.0. The van der Waals surface area contributed by atoms with E-state index in [1.165, 1.54) is 0 Å². The van der Waals surface area contributed by atoms with E-state index in [9.17, 15) is 4.79 Å². The van der Waals surface area contributed by atoms with Crippen LogP contribution in [0.4, 0.5) is 5.69 Å². The molecular weight excluding hydrogens is 495 g/mol. The smallest absolute Gasteiger partial charge is 0.251 e. The topological polar surface area (TPSA) is 98.0 Å². The number of amides is 1. The zero-order valence-corrected chi connectivity index (χ0v) is 19.5. The SMILES string of the molecule is CCCCNC(=O)c1ccc(CN=C(N)Nc2ccc3c(c2)OCCCO3)cc1.I. The molecule has 1 aliphatic heterocycles. The van der Waals surface area contributed by atoms with E-state index in [1.807, 2.05) is 30.3 Å². The van der Waals surface area contributed by atoms with Crippen molar-refractivity contribution in [3.63, 3.8) is 0 Å². The fourth-order valence-corrected chi connectivity index (χ4v) is 2.85. The van der Waals surface area contributed by atoms with E-state index in [1.54, 1.807) is 12.1 Å². The lowest BCUT2D eigenvalue weighted by atomic mass is 10.1. The number of hydrogen-bond donors (Lipinski definition) is 3. The molecule has 0 bridgehead atoms. The standard InChI is InChI=1S/C22H28N4O3.HI/c1-2-3-11-24-21(27)17-7-5-16(6-8-17)15-25-22(23)26-18-9-10-19-20(14-18)29-13-4-12-28-19;/h5-10,14H,2-4,11-13,15H2,1H3,(H,24,27)(H3,23,25,26);1H. The molecule has 4 N–H and O–H groups in total. The second kappa shape index (κ2) is 12.3. The molecule has 0 aliphatic carbocycles. The molecule has 1 heterocycles. The maximum atomic E-state index is 12.0. The van der Waals surface area contributed by atoms with E-state index in [0.717, 1.165) is 36.3 Å². The lowest BCUT2D eigenvalue weighted by Gasteiger charge is -2.11. The minimum absolute atomic E-state index is 0. The number of ether oxygens (including phenoxy) is 2. The molecule has 0 saturated heterocycles. The van der Waals surface area contributed by atoms with Gasteiger partial charge in [-0.15, -0.1) is 24.0 Å². The molecule has 0 radical (unpaired) electrons. The zero-order chi connectivity index (χ0) is 20.5. The van der Waals surface area contributed by atoms with E-state index in [-0.39, 0.29) is 29.9 Å². The second-order valence-electron chi connectivity index (χ2n) is 6.84. The van der Waals surface area contributed by atoms with Crippen LogP contribution in [0, 0.1) is 0 Å². The van der Waals surface area contributed by atoms with Crippen molar-refractivity contribution < 1.29 is 14.3 Å². The molecule has 1 aliphatic rings. The molecule has 0 fully saturated rings. The van der Waals surface area contributed by atoms with Crippen LogP contribution < -0.4 is 25.8 Å². The molecular formula is C22H29IN4O3. The van der Waals surface area contributed by atoms with Crippen LogP contribution in [0.25, 0.3) is 0 Å². The van der Waals surface area contributed by atoms with E-state index < -0.39 is 0 Å². The van der Waals surface area contributed by atoms with E-state index >= 15 is 0 Å². The summed E-state index contributed by atoms with van der Waals surface area (Å²) < 4.78 is 11.3. The van der Waals surface area contributed by atoms with Gasteiger partial charge in [-0.25, -0.2) is 4.99 Å². The van der Waals surface area contributed by atoms with E-state index in [2.05, 4.69) is 22.5 Å². The average Bonchev–Trinajstić information content (AvgIpc) is 2.98. The van der Waals surface area contributed by atoms with Crippen molar-refractivity contribution in [2.75, 3.05) is 25.1 Å². The van der Waals surface area contributed by atoms with Gasteiger partial charge in [-0.05, 0) is 36.2 Å². The number of nitrogens with one attached hydrogen (secondary N) is 2. The van der Waals surface area contributed by atoms with Gasteiger partial charge in [-0.1, -0.05) is 25.5 Å². The molecule has 3 rings (SSSR count). The largest absolute Gasteiger partial charge is 0.490 e. The molecule has 1 amide bonds. The number of benzene rings is 2. The minimum atomic E-state index is -0.0518. The summed E-state index contributed by atoms with van der Waals surface area (Å²) in [5.74, 6) is 1.69. The summed E-state index contributed by atoms with van der Waals surface area (Å²) in [7, 11) is 0. The first-order valence-electron chi connectivity index (χ1n) is 9.99. The van der Waals surface area contributed by atoms with Crippen LogP contribution in [0.15, 0.2) is 47.5 Å². The highest BCUT2D eigenvalue weighted by Crippen LogP contribution is 2.32. The maximum absolute atomic E-state index is 12.0. The first-order valence-corrected chi connectivity index (χ1v) is 9.99. The third-order valence-electron chi connectivity index (χ3n) is 4.48. The van der Waals surface area contributed by atoms with Crippen LogP contribution in [0.2, 0.25) is 0 Å². The number of carbonyl (C=O) groups excluding carboxylic acids is 1. The molecule has 0 unspecified atom stereocenters. The van der Waals surface area contributed by atoms with Gasteiger partial charge in [0.05, 0.1) is 19.8 Å². The van der Waals surface area contributed by atoms with Gasteiger partial charge in [0.1, 0.15) is 0 Å². The molecule has 0 atom stereocenters. The number of guanidine groups is 1. The van der Waals surface area contributed by atoms with Crippen molar-refractivity contribution in [1.29, 1.82) is 0 Å². The van der Waals surface area contributed by atoms with Gasteiger partial charge in [0.25, 0.3) is 5.91 Å². The number of hydrogen-bond acceptors (Lipinski definition) is 4. The van der Waals surface area contributed by atoms with Crippen LogP contribution in [-0.4, -0.2) is 31.6 Å². The van der Waals surface area contributed by atoms with Crippen molar-refractivity contribution in [3.8, 4) is 11.5 Å². The second-order valence-corrected chi connectivity index (χ2v) is 6.84. The Morgan fingerprint density at radius 2 is 1.83 bits per heavy atom. The number of rotatable bonds is 7. The maximum Gasteiger partial charge on any atom is 0.251 e. The normalized spacial score (nSPS) is 13.0. The molecule has 2 aromatic carbocycles. The number of halogens is 1. The molecule has 8 heteroatoms. The number of unbranched alkanes of at least 4 members (excludes halogenated alkanes) is 1. The molecule has 7 nitrogen and oxygen atoms in total. The Labute approximate surface area is 194 Å². The van der Waals surface area contributed by atoms with Crippen molar-refractivity contribution in [1.82, 2.24) is 5.32 Å². The van der Waals surface area contributed by atoms with Gasteiger partial charge in [-0.2, -0.15) is 0 Å². The third kappa shape index (κ3) is 7.08. The van der Waals surface area contributed by atoms with Crippen LogP contribution >= 0.6 is 24.0 Å². The Bertz CT molecular complexity index is 856. The van der Waals surface area contributed by atoms with Gasteiger partial charge < -0.3 is 25.8 Å². The Balaban J connectivity index is 0.00000320. The van der Waals surface area contributed by atoms with Gasteiger partial charge >= 0.3 is 0 Å². The molecule has 0 spiro atoms. The fraction of sp³-hybridized carbons (Fsp3) is 0.364. The number of nitrogens with zero attached hydrogens (tertiary/aromatic N) is 1. The van der Waals surface area contributed by atoms with E-state index in [4.69, 9.17) is 15.2 Å². The number of fused-ring (bicyclic) bond motifs is 1. The molecule has 0 aromatic heterocycles. The van der Waals surface area contributed by atoms with Gasteiger partial charge in [0.2, 0.25) is 0 Å². The Morgan fingerprint density at radius 3 is 2.57 bits per heavy atom. The predicted molar refractivity (Wildman–Crippen MR) is 130 cm³/mol. The Kier molecular flexibility index (Phi) is 9.72. The van der Waals surface area contributed by atoms with Crippen LogP contribution in [-0.2, 0) is 6.54 Å².